The van der Waals surface area contributed by atoms with E-state index in [1.54, 1.807) is 6.92 Å². The Bertz CT molecular complexity index is 1010. The number of anilines is 1. The summed E-state index contributed by atoms with van der Waals surface area (Å²) in [6.45, 7) is 7.51. The second-order valence-electron chi connectivity index (χ2n) is 7.25. The lowest BCUT2D eigenvalue weighted by molar-refractivity contribution is -0.124. The van der Waals surface area contributed by atoms with Crippen molar-refractivity contribution in [1.29, 1.82) is 0 Å². The maximum Gasteiger partial charge on any atom is 0.247 e. The van der Waals surface area contributed by atoms with E-state index < -0.39 is 6.04 Å². The fourth-order valence-electron chi connectivity index (χ4n) is 3.06. The first-order chi connectivity index (χ1) is 13.8. The van der Waals surface area contributed by atoms with Crippen LogP contribution in [0.3, 0.4) is 0 Å². The van der Waals surface area contributed by atoms with E-state index in [2.05, 4.69) is 15.7 Å². The number of nitrogens with zero attached hydrogens (tertiary/aromatic N) is 2. The zero-order valence-electron chi connectivity index (χ0n) is 17.1. The van der Waals surface area contributed by atoms with Crippen molar-refractivity contribution in [3.05, 3.63) is 54.1 Å². The summed E-state index contributed by atoms with van der Waals surface area (Å²) in [7, 11) is 0. The van der Waals surface area contributed by atoms with Crippen LogP contribution in [0.5, 0.6) is 5.75 Å². The number of amides is 2. The van der Waals surface area contributed by atoms with Crippen LogP contribution < -0.4 is 15.4 Å². The number of fused-ring (bicyclic) bond motifs is 1. The highest BCUT2D eigenvalue weighted by atomic mass is 16.5. The van der Waals surface area contributed by atoms with Gasteiger partial charge < -0.3 is 15.4 Å². The minimum absolute atomic E-state index is 0.0515. The molecule has 0 radical (unpaired) electrons. The Morgan fingerprint density at radius 3 is 2.48 bits per heavy atom. The molecule has 1 heterocycles. The number of carbonyl (C=O) groups excluding carboxylic acids is 2. The molecule has 0 aliphatic heterocycles. The van der Waals surface area contributed by atoms with Gasteiger partial charge in [-0.2, -0.15) is 5.10 Å². The molecule has 0 spiro atoms. The second kappa shape index (κ2) is 8.77. The first-order valence-corrected chi connectivity index (χ1v) is 9.62. The highest BCUT2D eigenvalue weighted by molar-refractivity contribution is 6.02. The van der Waals surface area contributed by atoms with Crippen LogP contribution in [0.15, 0.2) is 48.5 Å². The Hall–Kier alpha value is -3.35. The van der Waals surface area contributed by atoms with Crippen LogP contribution in [0.4, 0.5) is 5.82 Å². The van der Waals surface area contributed by atoms with Crippen LogP contribution in [-0.2, 0) is 16.1 Å². The van der Waals surface area contributed by atoms with E-state index in [1.807, 2.05) is 67.1 Å². The van der Waals surface area contributed by atoms with Crippen molar-refractivity contribution in [2.45, 2.75) is 46.4 Å². The number of rotatable bonds is 7. The standard InChI is InChI=1S/C22H26N4O3/c1-14(2)29-18-10-11-19-20(12-18)26(13-17-8-6-5-7-9-17)25-21(19)24-22(28)15(3)23-16(4)27/h5-12,14-15H,13H2,1-4H3,(H,23,27)(H,24,25,28)/t15-/m0/s1. The molecule has 0 aliphatic rings. The van der Waals surface area contributed by atoms with Crippen molar-refractivity contribution < 1.29 is 14.3 Å². The molecule has 29 heavy (non-hydrogen) atoms. The molecule has 2 N–H and O–H groups in total. The average Bonchev–Trinajstić information content (AvgIpc) is 2.98. The normalized spacial score (nSPS) is 12.0. The molecule has 0 saturated carbocycles. The van der Waals surface area contributed by atoms with Gasteiger partial charge in [0.2, 0.25) is 11.8 Å². The van der Waals surface area contributed by atoms with Gasteiger partial charge in [0.15, 0.2) is 5.82 Å². The summed E-state index contributed by atoms with van der Waals surface area (Å²) < 4.78 is 7.67. The number of aromatic nitrogens is 2. The summed E-state index contributed by atoms with van der Waals surface area (Å²) in [6, 6.07) is 15.0. The van der Waals surface area contributed by atoms with E-state index in [0.29, 0.717) is 12.4 Å². The summed E-state index contributed by atoms with van der Waals surface area (Å²) in [6.07, 6.45) is 0.0515. The molecule has 7 heteroatoms. The van der Waals surface area contributed by atoms with E-state index in [9.17, 15) is 9.59 Å². The molecule has 3 aromatic rings. The second-order valence-corrected chi connectivity index (χ2v) is 7.25. The molecule has 0 unspecified atom stereocenters. The van der Waals surface area contributed by atoms with Crippen LogP contribution in [0.25, 0.3) is 10.9 Å². The van der Waals surface area contributed by atoms with Gasteiger partial charge in [-0.1, -0.05) is 30.3 Å². The summed E-state index contributed by atoms with van der Waals surface area (Å²) in [5.74, 6) is 0.608. The van der Waals surface area contributed by atoms with Crippen molar-refractivity contribution in [3.63, 3.8) is 0 Å². The number of hydrogen-bond acceptors (Lipinski definition) is 4. The predicted molar refractivity (Wildman–Crippen MR) is 113 cm³/mol. The SMILES string of the molecule is CC(=O)N[C@@H](C)C(=O)Nc1nn(Cc2ccccc2)c2cc(OC(C)C)ccc12. The van der Waals surface area contributed by atoms with Crippen molar-refractivity contribution >= 4 is 28.5 Å². The molecular weight excluding hydrogens is 368 g/mol. The zero-order chi connectivity index (χ0) is 21.0. The largest absolute Gasteiger partial charge is 0.491 e. The van der Waals surface area contributed by atoms with Gasteiger partial charge >= 0.3 is 0 Å². The van der Waals surface area contributed by atoms with Crippen molar-refractivity contribution in [3.8, 4) is 5.75 Å². The van der Waals surface area contributed by atoms with Gasteiger partial charge in [-0.25, -0.2) is 0 Å². The third kappa shape index (κ3) is 5.13. The van der Waals surface area contributed by atoms with Gasteiger partial charge in [0, 0.05) is 18.4 Å². The van der Waals surface area contributed by atoms with Gasteiger partial charge in [-0.3, -0.25) is 14.3 Å². The minimum atomic E-state index is -0.662. The Morgan fingerprint density at radius 1 is 1.10 bits per heavy atom. The first-order valence-electron chi connectivity index (χ1n) is 9.62. The fraction of sp³-hybridized carbons (Fsp3) is 0.318. The number of hydrogen-bond donors (Lipinski definition) is 2. The van der Waals surface area contributed by atoms with Crippen molar-refractivity contribution in [1.82, 2.24) is 15.1 Å². The Morgan fingerprint density at radius 2 is 1.83 bits per heavy atom. The minimum Gasteiger partial charge on any atom is -0.491 e. The number of nitrogens with one attached hydrogen (secondary N) is 2. The number of benzene rings is 2. The van der Waals surface area contributed by atoms with Crippen LogP contribution >= 0.6 is 0 Å². The Kier molecular flexibility index (Phi) is 6.16. The molecule has 0 bridgehead atoms. The van der Waals surface area contributed by atoms with Crippen molar-refractivity contribution in [2.75, 3.05) is 5.32 Å². The van der Waals surface area contributed by atoms with Crippen LogP contribution in [0, 0.1) is 0 Å². The van der Waals surface area contributed by atoms with E-state index in [4.69, 9.17) is 4.74 Å². The fourth-order valence-corrected chi connectivity index (χ4v) is 3.06. The van der Waals surface area contributed by atoms with E-state index in [-0.39, 0.29) is 17.9 Å². The number of ether oxygens (including phenoxy) is 1. The van der Waals surface area contributed by atoms with Crippen LogP contribution in [-0.4, -0.2) is 33.7 Å². The van der Waals surface area contributed by atoms with Gasteiger partial charge in [0.05, 0.1) is 18.2 Å². The van der Waals surface area contributed by atoms with E-state index in [1.165, 1.54) is 6.92 Å². The molecular formula is C22H26N4O3. The molecule has 2 aromatic carbocycles. The molecule has 3 rings (SSSR count). The van der Waals surface area contributed by atoms with E-state index >= 15 is 0 Å². The smallest absolute Gasteiger partial charge is 0.247 e. The van der Waals surface area contributed by atoms with Crippen molar-refractivity contribution in [2.24, 2.45) is 0 Å². The average molecular weight is 394 g/mol. The Labute approximate surface area is 170 Å². The van der Waals surface area contributed by atoms with Gasteiger partial charge in [-0.15, -0.1) is 0 Å². The number of carbonyl (C=O) groups is 2. The van der Waals surface area contributed by atoms with Gasteiger partial charge in [0.25, 0.3) is 0 Å². The maximum atomic E-state index is 12.5. The maximum absolute atomic E-state index is 12.5. The Balaban J connectivity index is 1.96. The molecule has 0 saturated heterocycles. The molecule has 1 atom stereocenters. The molecule has 1 aromatic heterocycles. The lowest BCUT2D eigenvalue weighted by Gasteiger charge is -2.11. The summed E-state index contributed by atoms with van der Waals surface area (Å²) in [4.78, 5) is 23.7. The molecule has 0 fully saturated rings. The summed E-state index contributed by atoms with van der Waals surface area (Å²) in [5.41, 5.74) is 1.95. The van der Waals surface area contributed by atoms with Gasteiger partial charge in [-0.05, 0) is 38.5 Å². The first kappa shape index (κ1) is 20.4. The molecule has 0 aliphatic carbocycles. The van der Waals surface area contributed by atoms with Crippen LogP contribution in [0.2, 0.25) is 0 Å². The molecule has 152 valence electrons. The van der Waals surface area contributed by atoms with E-state index in [0.717, 1.165) is 22.2 Å². The lowest BCUT2D eigenvalue weighted by atomic mass is 10.2. The third-order valence-electron chi connectivity index (χ3n) is 4.32. The van der Waals surface area contributed by atoms with Gasteiger partial charge in [0.1, 0.15) is 11.8 Å². The monoisotopic (exact) mass is 394 g/mol. The predicted octanol–water partition coefficient (Wildman–Crippen LogP) is 3.33. The highest BCUT2D eigenvalue weighted by Crippen LogP contribution is 2.28. The summed E-state index contributed by atoms with van der Waals surface area (Å²) in [5, 5.41) is 10.8. The molecule has 7 nitrogen and oxygen atoms in total. The van der Waals surface area contributed by atoms with Crippen LogP contribution in [0.1, 0.15) is 33.3 Å². The quantitative estimate of drug-likeness (QED) is 0.644. The topological polar surface area (TPSA) is 85.3 Å². The summed E-state index contributed by atoms with van der Waals surface area (Å²) >= 11 is 0. The zero-order valence-corrected chi connectivity index (χ0v) is 17.1. The highest BCUT2D eigenvalue weighted by Gasteiger charge is 2.19. The molecule has 2 amide bonds. The lowest BCUT2D eigenvalue weighted by Crippen LogP contribution is -2.40. The third-order valence-corrected chi connectivity index (χ3v) is 4.32.